The van der Waals surface area contributed by atoms with Gasteiger partial charge < -0.3 is 15.6 Å². The average molecular weight is 271 g/mol. The van der Waals surface area contributed by atoms with Crippen LogP contribution >= 0.6 is 0 Å². The number of ether oxygens (including phenoxy) is 1. The number of nitrogens with two attached hydrogens (primary N) is 1. The Kier molecular flexibility index (Phi) is 4.25. The van der Waals surface area contributed by atoms with Crippen molar-refractivity contribution < 1.29 is 14.6 Å². The van der Waals surface area contributed by atoms with Crippen LogP contribution in [0.1, 0.15) is 16.7 Å². The monoisotopic (exact) mass is 271 g/mol. The maximum absolute atomic E-state index is 10.8. The predicted octanol–water partition coefficient (Wildman–Crippen LogP) is 2.78. The van der Waals surface area contributed by atoms with Crippen molar-refractivity contribution in [3.8, 4) is 5.75 Å². The molecule has 0 unspecified atom stereocenters. The first-order valence-electron chi connectivity index (χ1n) is 6.34. The van der Waals surface area contributed by atoms with Gasteiger partial charge in [-0.25, -0.2) is 0 Å². The minimum absolute atomic E-state index is 0.0110. The lowest BCUT2D eigenvalue weighted by atomic mass is 10.1. The van der Waals surface area contributed by atoms with E-state index in [4.69, 9.17) is 15.6 Å². The molecular formula is C16H17NO3. The topological polar surface area (TPSA) is 72.5 Å². The molecule has 0 saturated heterocycles. The molecule has 2 aromatic carbocycles. The Morgan fingerprint density at radius 3 is 2.55 bits per heavy atom. The van der Waals surface area contributed by atoms with Gasteiger partial charge in [0.1, 0.15) is 12.4 Å². The smallest absolute Gasteiger partial charge is 0.307 e. The lowest BCUT2D eigenvalue weighted by molar-refractivity contribution is -0.136. The van der Waals surface area contributed by atoms with Crippen molar-refractivity contribution in [3.05, 3.63) is 59.2 Å². The molecule has 4 heteroatoms. The molecule has 0 spiro atoms. The van der Waals surface area contributed by atoms with Gasteiger partial charge >= 0.3 is 5.97 Å². The van der Waals surface area contributed by atoms with Crippen LogP contribution in [0.3, 0.4) is 0 Å². The van der Waals surface area contributed by atoms with Gasteiger partial charge in [-0.1, -0.05) is 30.3 Å². The number of hydrogen-bond donors (Lipinski definition) is 2. The van der Waals surface area contributed by atoms with E-state index < -0.39 is 5.97 Å². The van der Waals surface area contributed by atoms with Crippen molar-refractivity contribution in [2.75, 3.05) is 5.73 Å². The van der Waals surface area contributed by atoms with Crippen LogP contribution < -0.4 is 10.5 Å². The third kappa shape index (κ3) is 3.51. The Morgan fingerprint density at radius 2 is 1.90 bits per heavy atom. The first-order chi connectivity index (χ1) is 9.56. The van der Waals surface area contributed by atoms with E-state index in [-0.39, 0.29) is 6.42 Å². The summed E-state index contributed by atoms with van der Waals surface area (Å²) in [5.74, 6) is -0.243. The minimum atomic E-state index is -0.854. The fourth-order valence-electron chi connectivity index (χ4n) is 1.99. The summed E-state index contributed by atoms with van der Waals surface area (Å²) in [6, 6.07) is 12.9. The molecule has 0 aliphatic heterocycles. The van der Waals surface area contributed by atoms with E-state index in [1.54, 1.807) is 6.07 Å². The van der Waals surface area contributed by atoms with Crippen molar-refractivity contribution >= 4 is 11.7 Å². The molecule has 0 atom stereocenters. The Morgan fingerprint density at radius 1 is 1.20 bits per heavy atom. The molecular weight excluding hydrogens is 254 g/mol. The molecule has 4 nitrogen and oxygen atoms in total. The average Bonchev–Trinajstić information content (AvgIpc) is 2.39. The van der Waals surface area contributed by atoms with Crippen LogP contribution in [0.15, 0.2) is 42.5 Å². The number of aliphatic carboxylic acids is 1. The van der Waals surface area contributed by atoms with Gasteiger partial charge in [0.2, 0.25) is 0 Å². The molecule has 0 saturated carbocycles. The number of aryl methyl sites for hydroxylation is 1. The molecule has 0 fully saturated rings. The van der Waals surface area contributed by atoms with E-state index in [2.05, 4.69) is 0 Å². The summed E-state index contributed by atoms with van der Waals surface area (Å²) < 4.78 is 5.68. The van der Waals surface area contributed by atoms with Crippen LogP contribution in [0, 0.1) is 6.92 Å². The molecule has 3 N–H and O–H groups in total. The third-order valence-corrected chi connectivity index (χ3v) is 3.01. The second-order valence-electron chi connectivity index (χ2n) is 4.67. The summed E-state index contributed by atoms with van der Waals surface area (Å²) >= 11 is 0. The molecule has 2 aromatic rings. The summed E-state index contributed by atoms with van der Waals surface area (Å²) in [5.41, 5.74) is 9.15. The molecule has 2 rings (SSSR count). The second kappa shape index (κ2) is 6.10. The van der Waals surface area contributed by atoms with E-state index in [1.165, 1.54) is 0 Å². The van der Waals surface area contributed by atoms with E-state index in [9.17, 15) is 4.79 Å². The highest BCUT2D eigenvalue weighted by Gasteiger charge is 2.08. The van der Waals surface area contributed by atoms with E-state index in [1.807, 2.05) is 43.3 Å². The number of carbonyl (C=O) groups is 1. The fourth-order valence-corrected chi connectivity index (χ4v) is 1.99. The highest BCUT2D eigenvalue weighted by molar-refractivity contribution is 5.70. The second-order valence-corrected chi connectivity index (χ2v) is 4.67. The largest absolute Gasteiger partial charge is 0.487 e. The van der Waals surface area contributed by atoms with Crippen LogP contribution in [0.25, 0.3) is 0 Å². The van der Waals surface area contributed by atoms with E-state index >= 15 is 0 Å². The zero-order valence-corrected chi connectivity index (χ0v) is 11.3. The van der Waals surface area contributed by atoms with Gasteiger partial charge in [-0.15, -0.1) is 0 Å². The van der Waals surface area contributed by atoms with Gasteiger partial charge in [0.05, 0.1) is 12.1 Å². The fraction of sp³-hybridized carbons (Fsp3) is 0.188. The van der Waals surface area contributed by atoms with E-state index in [0.29, 0.717) is 18.0 Å². The minimum Gasteiger partial charge on any atom is -0.487 e. The maximum Gasteiger partial charge on any atom is 0.307 e. The number of hydrogen-bond acceptors (Lipinski definition) is 3. The highest BCUT2D eigenvalue weighted by Crippen LogP contribution is 2.23. The Hall–Kier alpha value is -2.49. The number of carboxylic acid groups (broad SMARTS) is 1. The van der Waals surface area contributed by atoms with Crippen LogP contribution in [0.5, 0.6) is 5.75 Å². The van der Waals surface area contributed by atoms with Crippen molar-refractivity contribution in [2.24, 2.45) is 0 Å². The molecule has 0 radical (unpaired) electrons. The highest BCUT2D eigenvalue weighted by atomic mass is 16.5. The lowest BCUT2D eigenvalue weighted by Gasteiger charge is -2.12. The summed E-state index contributed by atoms with van der Waals surface area (Å²) in [4.78, 5) is 10.8. The first-order valence-corrected chi connectivity index (χ1v) is 6.34. The van der Waals surface area contributed by atoms with Gasteiger partial charge in [-0.05, 0) is 35.7 Å². The summed E-state index contributed by atoms with van der Waals surface area (Å²) in [5, 5.41) is 8.89. The van der Waals surface area contributed by atoms with Crippen LogP contribution in [0.2, 0.25) is 0 Å². The molecule has 104 valence electrons. The number of rotatable bonds is 5. The van der Waals surface area contributed by atoms with Gasteiger partial charge in [-0.3, -0.25) is 4.79 Å². The van der Waals surface area contributed by atoms with Crippen LogP contribution in [-0.2, 0) is 17.8 Å². The molecule has 0 aliphatic rings. The first kappa shape index (κ1) is 13.9. The maximum atomic E-state index is 10.8. The summed E-state index contributed by atoms with van der Waals surface area (Å²) in [7, 11) is 0. The van der Waals surface area contributed by atoms with Crippen molar-refractivity contribution in [1.29, 1.82) is 0 Å². The molecule has 0 aromatic heterocycles. The predicted molar refractivity (Wildman–Crippen MR) is 77.7 cm³/mol. The molecule has 20 heavy (non-hydrogen) atoms. The number of carboxylic acids is 1. The zero-order valence-electron chi connectivity index (χ0n) is 11.3. The van der Waals surface area contributed by atoms with Gasteiger partial charge in [0.25, 0.3) is 0 Å². The Bertz CT molecular complexity index is 623. The van der Waals surface area contributed by atoms with Crippen molar-refractivity contribution in [1.82, 2.24) is 0 Å². The number of benzene rings is 2. The van der Waals surface area contributed by atoms with E-state index in [0.717, 1.165) is 16.7 Å². The van der Waals surface area contributed by atoms with Gasteiger partial charge in [-0.2, -0.15) is 0 Å². The normalized spacial score (nSPS) is 10.2. The molecule has 0 amide bonds. The Balaban J connectivity index is 2.12. The third-order valence-electron chi connectivity index (χ3n) is 3.01. The summed E-state index contributed by atoms with van der Waals surface area (Å²) in [6.07, 6.45) is -0.0110. The summed E-state index contributed by atoms with van der Waals surface area (Å²) in [6.45, 7) is 2.26. The zero-order chi connectivity index (χ0) is 14.5. The van der Waals surface area contributed by atoms with Crippen LogP contribution in [-0.4, -0.2) is 11.1 Å². The Labute approximate surface area is 117 Å². The molecule has 0 aliphatic carbocycles. The van der Waals surface area contributed by atoms with Crippen molar-refractivity contribution in [2.45, 2.75) is 20.0 Å². The SMILES string of the molecule is Cc1ccc(OCc2ccccc2CC(=O)O)c(N)c1. The molecule has 0 bridgehead atoms. The van der Waals surface area contributed by atoms with Gasteiger partial charge in [0.15, 0.2) is 0 Å². The van der Waals surface area contributed by atoms with Crippen molar-refractivity contribution in [3.63, 3.8) is 0 Å². The molecule has 0 heterocycles. The lowest BCUT2D eigenvalue weighted by Crippen LogP contribution is -2.06. The van der Waals surface area contributed by atoms with Gasteiger partial charge in [0, 0.05) is 0 Å². The quantitative estimate of drug-likeness (QED) is 0.820. The van der Waals surface area contributed by atoms with Crippen LogP contribution in [0.4, 0.5) is 5.69 Å². The number of anilines is 1. The number of nitrogen functional groups attached to an aromatic ring is 1. The standard InChI is InChI=1S/C16H17NO3/c1-11-6-7-15(14(17)8-11)20-10-13-5-3-2-4-12(13)9-16(18)19/h2-8H,9-10,17H2,1H3,(H,18,19).